The minimum absolute atomic E-state index is 0.0489. The lowest BCUT2D eigenvalue weighted by molar-refractivity contribution is -0.139. The van der Waals surface area contributed by atoms with Gasteiger partial charge in [-0.15, -0.1) is 0 Å². The zero-order valence-corrected chi connectivity index (χ0v) is 15.9. The zero-order valence-electron chi connectivity index (χ0n) is 15.9. The Morgan fingerprint density at radius 2 is 1.75 bits per heavy atom. The van der Waals surface area contributed by atoms with E-state index < -0.39 is 5.60 Å². The smallest absolute Gasteiger partial charge is 0.410 e. The third-order valence-corrected chi connectivity index (χ3v) is 4.95. The third-order valence-electron chi connectivity index (χ3n) is 4.95. The molecule has 0 radical (unpaired) electrons. The van der Waals surface area contributed by atoms with E-state index in [2.05, 4.69) is 13.8 Å². The van der Waals surface area contributed by atoms with Crippen molar-refractivity contribution in [2.24, 2.45) is 11.3 Å². The van der Waals surface area contributed by atoms with Crippen LogP contribution in [0.5, 0.6) is 0 Å². The number of likely N-dealkylation sites (tertiary alicyclic amines) is 2. The quantitative estimate of drug-likeness (QED) is 0.792. The Balaban J connectivity index is 1.96. The monoisotopic (exact) mass is 340 g/mol. The van der Waals surface area contributed by atoms with Crippen LogP contribution in [0.1, 0.15) is 47.5 Å². The Kier molecular flexibility index (Phi) is 5.47. The molecule has 0 N–H and O–H groups in total. The molecule has 0 spiro atoms. The molecule has 0 saturated carbocycles. The lowest BCUT2D eigenvalue weighted by atomic mass is 9.67. The van der Waals surface area contributed by atoms with Crippen molar-refractivity contribution < 1.29 is 19.1 Å². The molecule has 2 aliphatic rings. The highest BCUT2D eigenvalue weighted by Gasteiger charge is 2.53. The lowest BCUT2D eigenvalue weighted by Crippen LogP contribution is -2.68. The zero-order chi connectivity index (χ0) is 18.1. The maximum atomic E-state index is 12.5. The second kappa shape index (κ2) is 6.90. The van der Waals surface area contributed by atoms with Gasteiger partial charge in [-0.1, -0.05) is 13.8 Å². The number of carbonyl (C=O) groups excluding carboxylic acids is 2. The van der Waals surface area contributed by atoms with Crippen molar-refractivity contribution in [3.8, 4) is 0 Å². The van der Waals surface area contributed by atoms with Crippen LogP contribution in [0.4, 0.5) is 4.79 Å². The van der Waals surface area contributed by atoms with Crippen molar-refractivity contribution in [3.05, 3.63) is 0 Å². The fourth-order valence-electron chi connectivity index (χ4n) is 4.01. The van der Waals surface area contributed by atoms with Crippen molar-refractivity contribution in [1.29, 1.82) is 0 Å². The average Bonchev–Trinajstić information content (AvgIpc) is 2.44. The molecule has 0 aromatic rings. The van der Waals surface area contributed by atoms with Gasteiger partial charge >= 0.3 is 6.09 Å². The highest BCUT2D eigenvalue weighted by molar-refractivity contribution is 5.77. The van der Waals surface area contributed by atoms with E-state index in [0.29, 0.717) is 5.92 Å². The SMILES string of the molecule is COCC(=O)N1CCC([C@@H]2N(C(=O)OC(C)(C)C)CC2(C)C)CC1. The Hall–Kier alpha value is -1.30. The highest BCUT2D eigenvalue weighted by Crippen LogP contribution is 2.45. The summed E-state index contributed by atoms with van der Waals surface area (Å²) in [7, 11) is 1.54. The summed E-state index contributed by atoms with van der Waals surface area (Å²) in [5.41, 5.74) is -0.377. The first-order valence-corrected chi connectivity index (χ1v) is 8.81. The molecule has 1 atom stereocenters. The van der Waals surface area contributed by atoms with Crippen LogP contribution in [0.3, 0.4) is 0 Å². The van der Waals surface area contributed by atoms with Crippen LogP contribution in [0.25, 0.3) is 0 Å². The van der Waals surface area contributed by atoms with E-state index in [1.54, 1.807) is 7.11 Å². The van der Waals surface area contributed by atoms with Crippen LogP contribution < -0.4 is 0 Å². The third kappa shape index (κ3) is 4.21. The van der Waals surface area contributed by atoms with Crippen LogP contribution in [0.15, 0.2) is 0 Å². The summed E-state index contributed by atoms with van der Waals surface area (Å²) >= 11 is 0. The number of nitrogens with zero attached hydrogens (tertiary/aromatic N) is 2. The van der Waals surface area contributed by atoms with E-state index >= 15 is 0 Å². The largest absolute Gasteiger partial charge is 0.444 e. The van der Waals surface area contributed by atoms with Crippen LogP contribution in [0, 0.1) is 11.3 Å². The Morgan fingerprint density at radius 3 is 2.21 bits per heavy atom. The number of piperidine rings is 1. The minimum Gasteiger partial charge on any atom is -0.444 e. The van der Waals surface area contributed by atoms with Gasteiger partial charge in [0, 0.05) is 38.2 Å². The molecule has 2 aliphatic heterocycles. The summed E-state index contributed by atoms with van der Waals surface area (Å²) < 4.78 is 10.5. The molecule has 2 rings (SSSR count). The minimum atomic E-state index is -0.475. The molecule has 2 saturated heterocycles. The van der Waals surface area contributed by atoms with Gasteiger partial charge in [0.15, 0.2) is 0 Å². The topological polar surface area (TPSA) is 59.1 Å². The van der Waals surface area contributed by atoms with Gasteiger partial charge in [0.1, 0.15) is 12.2 Å². The van der Waals surface area contributed by atoms with E-state index in [-0.39, 0.29) is 30.1 Å². The average molecular weight is 340 g/mol. The maximum absolute atomic E-state index is 12.5. The molecule has 6 nitrogen and oxygen atoms in total. The van der Waals surface area contributed by atoms with Crippen molar-refractivity contribution >= 4 is 12.0 Å². The maximum Gasteiger partial charge on any atom is 0.410 e. The van der Waals surface area contributed by atoms with Crippen molar-refractivity contribution in [2.75, 3.05) is 33.4 Å². The van der Waals surface area contributed by atoms with E-state index in [4.69, 9.17) is 9.47 Å². The normalized spacial score (nSPS) is 24.5. The fraction of sp³-hybridized carbons (Fsp3) is 0.889. The fourth-order valence-corrected chi connectivity index (χ4v) is 4.01. The van der Waals surface area contributed by atoms with Crippen molar-refractivity contribution in [2.45, 2.75) is 59.1 Å². The standard InChI is InChI=1S/C18H32N2O4/c1-17(2,3)24-16(22)20-12-18(4,5)15(20)13-7-9-19(10-8-13)14(21)11-23-6/h13,15H,7-12H2,1-6H3/t15-/m0/s1. The first kappa shape index (κ1) is 19.0. The Bertz CT molecular complexity index is 476. The molecular weight excluding hydrogens is 308 g/mol. The van der Waals surface area contributed by atoms with Crippen LogP contribution >= 0.6 is 0 Å². The molecule has 2 amide bonds. The second-order valence-electron chi connectivity index (χ2n) is 8.69. The van der Waals surface area contributed by atoms with E-state index in [0.717, 1.165) is 32.5 Å². The van der Waals surface area contributed by atoms with Crippen LogP contribution in [-0.4, -0.2) is 66.8 Å². The molecule has 24 heavy (non-hydrogen) atoms. The predicted octanol–water partition coefficient (Wildman–Crippen LogP) is 2.52. The van der Waals surface area contributed by atoms with E-state index in [1.165, 1.54) is 0 Å². The van der Waals surface area contributed by atoms with E-state index in [1.807, 2.05) is 30.6 Å². The lowest BCUT2D eigenvalue weighted by Gasteiger charge is -2.58. The summed E-state index contributed by atoms with van der Waals surface area (Å²) in [5, 5.41) is 0. The molecule has 2 heterocycles. The van der Waals surface area contributed by atoms with Gasteiger partial charge in [-0.25, -0.2) is 4.79 Å². The number of hydrogen-bond acceptors (Lipinski definition) is 4. The number of rotatable bonds is 3. The van der Waals surface area contributed by atoms with Gasteiger partial charge in [0.25, 0.3) is 0 Å². The molecule has 0 unspecified atom stereocenters. The van der Waals surface area contributed by atoms with Gasteiger partial charge in [-0.3, -0.25) is 4.79 Å². The summed E-state index contributed by atoms with van der Waals surface area (Å²) in [4.78, 5) is 28.1. The molecule has 2 fully saturated rings. The second-order valence-corrected chi connectivity index (χ2v) is 8.69. The number of methoxy groups -OCH3 is 1. The molecule has 0 aromatic carbocycles. The number of carbonyl (C=O) groups is 2. The van der Waals surface area contributed by atoms with Gasteiger partial charge in [-0.2, -0.15) is 0 Å². The number of ether oxygens (including phenoxy) is 2. The van der Waals surface area contributed by atoms with Crippen LogP contribution in [-0.2, 0) is 14.3 Å². The van der Waals surface area contributed by atoms with E-state index in [9.17, 15) is 9.59 Å². The van der Waals surface area contributed by atoms with Crippen LogP contribution in [0.2, 0.25) is 0 Å². The molecule has 0 aromatic heterocycles. The Labute approximate surface area is 145 Å². The molecule has 0 bridgehead atoms. The molecular formula is C18H32N2O4. The summed E-state index contributed by atoms with van der Waals surface area (Å²) in [5.74, 6) is 0.459. The Morgan fingerprint density at radius 1 is 1.17 bits per heavy atom. The summed E-state index contributed by atoms with van der Waals surface area (Å²) in [6.07, 6.45) is 1.62. The van der Waals surface area contributed by atoms with Gasteiger partial charge in [-0.05, 0) is 39.5 Å². The first-order chi connectivity index (χ1) is 11.0. The highest BCUT2D eigenvalue weighted by atomic mass is 16.6. The summed E-state index contributed by atoms with van der Waals surface area (Å²) in [6.45, 7) is 12.4. The van der Waals surface area contributed by atoms with Crippen molar-refractivity contribution in [1.82, 2.24) is 9.80 Å². The van der Waals surface area contributed by atoms with Gasteiger partial charge in [0.2, 0.25) is 5.91 Å². The summed E-state index contributed by atoms with van der Waals surface area (Å²) in [6, 6.07) is 0.187. The first-order valence-electron chi connectivity index (χ1n) is 8.81. The number of hydrogen-bond donors (Lipinski definition) is 0. The van der Waals surface area contributed by atoms with Gasteiger partial charge < -0.3 is 19.3 Å². The van der Waals surface area contributed by atoms with Crippen molar-refractivity contribution in [3.63, 3.8) is 0 Å². The number of amides is 2. The molecule has 138 valence electrons. The molecule has 0 aliphatic carbocycles. The predicted molar refractivity (Wildman–Crippen MR) is 91.7 cm³/mol. The molecule has 6 heteroatoms. The van der Waals surface area contributed by atoms with Gasteiger partial charge in [0.05, 0.1) is 0 Å².